The summed E-state index contributed by atoms with van der Waals surface area (Å²) in [4.78, 5) is 0. The van der Waals surface area contributed by atoms with Crippen LogP contribution < -0.4 is 19.5 Å². The number of benzene rings is 2. The van der Waals surface area contributed by atoms with Crippen molar-refractivity contribution in [1.82, 2.24) is 5.32 Å². The average Bonchev–Trinajstić information content (AvgIpc) is 2.59. The molecule has 2 aromatic carbocycles. The maximum atomic E-state index is 5.47. The Balaban J connectivity index is 1.96. The zero-order chi connectivity index (χ0) is 16.7. The van der Waals surface area contributed by atoms with Crippen LogP contribution in [0.2, 0.25) is 0 Å². The molecule has 4 nitrogen and oxygen atoms in total. The van der Waals surface area contributed by atoms with Crippen molar-refractivity contribution in [2.45, 2.75) is 13.0 Å². The molecule has 0 amide bonds. The number of methoxy groups -OCH3 is 3. The average molecular weight is 426 g/mol. The van der Waals surface area contributed by atoms with E-state index in [1.54, 1.807) is 21.3 Å². The van der Waals surface area contributed by atoms with Crippen molar-refractivity contribution in [3.05, 3.63) is 51.1 Å². The summed E-state index contributed by atoms with van der Waals surface area (Å²) in [7, 11) is 5.08. The lowest BCUT2D eigenvalue weighted by molar-refractivity contribution is 0.395. The van der Waals surface area contributed by atoms with Crippen LogP contribution in [-0.2, 0) is 13.0 Å². The largest absolute Gasteiger partial charge is 0.496 e. The van der Waals surface area contributed by atoms with E-state index >= 15 is 0 Å². The molecule has 2 aromatic rings. The van der Waals surface area contributed by atoms with Crippen LogP contribution in [0.4, 0.5) is 0 Å². The molecule has 0 aliphatic carbocycles. The minimum Gasteiger partial charge on any atom is -0.496 e. The van der Waals surface area contributed by atoms with Crippen LogP contribution >= 0.6 is 22.6 Å². The van der Waals surface area contributed by atoms with Crippen molar-refractivity contribution in [2.75, 3.05) is 27.9 Å². The van der Waals surface area contributed by atoms with Crippen LogP contribution in [0, 0.1) is 3.57 Å². The van der Waals surface area contributed by atoms with E-state index in [2.05, 4.69) is 34.0 Å². The Morgan fingerprint density at radius 1 is 0.870 bits per heavy atom. The van der Waals surface area contributed by atoms with Crippen molar-refractivity contribution in [2.24, 2.45) is 0 Å². The van der Waals surface area contributed by atoms with Gasteiger partial charge < -0.3 is 19.5 Å². The summed E-state index contributed by atoms with van der Waals surface area (Å²) < 4.78 is 17.3. The minimum atomic E-state index is 0.772. The van der Waals surface area contributed by atoms with Crippen molar-refractivity contribution >= 4 is 22.6 Å². The fraction of sp³-hybridized carbons (Fsp3) is 0.333. The highest BCUT2D eigenvalue weighted by Gasteiger charge is 2.09. The van der Waals surface area contributed by atoms with Gasteiger partial charge in [-0.3, -0.25) is 0 Å². The summed E-state index contributed by atoms with van der Waals surface area (Å²) in [6, 6.07) is 12.1. The van der Waals surface area contributed by atoms with E-state index in [0.29, 0.717) is 0 Å². The summed E-state index contributed by atoms with van der Waals surface area (Å²) in [6.45, 7) is 1.62. The first-order chi connectivity index (χ1) is 11.2. The topological polar surface area (TPSA) is 39.7 Å². The molecule has 0 aromatic heterocycles. The van der Waals surface area contributed by atoms with E-state index in [0.717, 1.165) is 51.5 Å². The molecule has 0 heterocycles. The summed E-state index contributed by atoms with van der Waals surface area (Å²) in [5, 5.41) is 3.45. The molecular weight excluding hydrogens is 404 g/mol. The molecule has 0 radical (unpaired) electrons. The number of rotatable bonds is 8. The SMILES string of the molecule is COc1cc(CCNCc2ccccc2OC)c(O[11CH3])cc1I. The number of nitrogens with one attached hydrogen (secondary N) is 1. The molecule has 0 unspecified atom stereocenters. The van der Waals surface area contributed by atoms with Crippen LogP contribution in [0.5, 0.6) is 17.2 Å². The van der Waals surface area contributed by atoms with Crippen LogP contribution in [0.25, 0.3) is 0 Å². The van der Waals surface area contributed by atoms with Crippen molar-refractivity contribution in [1.29, 1.82) is 0 Å². The fourth-order valence-electron chi connectivity index (χ4n) is 2.41. The minimum absolute atomic E-state index is 0.772. The lowest BCUT2D eigenvalue weighted by Crippen LogP contribution is -2.17. The summed E-state index contributed by atoms with van der Waals surface area (Å²) in [5.74, 6) is 2.69. The third-order valence-electron chi connectivity index (χ3n) is 3.63. The molecule has 2 rings (SSSR count). The Hall–Kier alpha value is -1.47. The number of halogens is 1. The molecule has 0 spiro atoms. The van der Waals surface area contributed by atoms with E-state index < -0.39 is 0 Å². The number of ether oxygens (including phenoxy) is 3. The fourth-order valence-corrected chi connectivity index (χ4v) is 3.07. The van der Waals surface area contributed by atoms with Gasteiger partial charge in [0, 0.05) is 12.1 Å². The third kappa shape index (κ3) is 4.75. The Morgan fingerprint density at radius 3 is 2.26 bits per heavy atom. The Morgan fingerprint density at radius 2 is 1.57 bits per heavy atom. The summed E-state index contributed by atoms with van der Waals surface area (Å²) in [5.41, 5.74) is 2.29. The molecule has 0 bridgehead atoms. The van der Waals surface area contributed by atoms with Gasteiger partial charge in [-0.1, -0.05) is 18.2 Å². The van der Waals surface area contributed by atoms with Crippen molar-refractivity contribution in [3.8, 4) is 17.2 Å². The first kappa shape index (κ1) is 17.9. The van der Waals surface area contributed by atoms with Gasteiger partial charge in [-0.15, -0.1) is 0 Å². The van der Waals surface area contributed by atoms with Gasteiger partial charge in [0.2, 0.25) is 0 Å². The Kier molecular flexibility index (Phi) is 6.98. The molecule has 1 N–H and O–H groups in total. The van der Waals surface area contributed by atoms with Crippen LogP contribution in [0.3, 0.4) is 0 Å². The smallest absolute Gasteiger partial charge is 0.132 e. The maximum Gasteiger partial charge on any atom is 0.132 e. The van der Waals surface area contributed by atoms with E-state index in [1.165, 1.54) is 0 Å². The van der Waals surface area contributed by atoms with Gasteiger partial charge in [0.05, 0.1) is 24.9 Å². The molecule has 0 saturated heterocycles. The highest BCUT2D eigenvalue weighted by Crippen LogP contribution is 2.30. The van der Waals surface area contributed by atoms with Crippen LogP contribution in [-0.4, -0.2) is 27.9 Å². The van der Waals surface area contributed by atoms with E-state index in [9.17, 15) is 0 Å². The predicted molar refractivity (Wildman–Crippen MR) is 101 cm³/mol. The van der Waals surface area contributed by atoms with Crippen molar-refractivity contribution in [3.63, 3.8) is 0 Å². The molecule has 0 atom stereocenters. The second-order valence-electron chi connectivity index (χ2n) is 5.04. The van der Waals surface area contributed by atoms with Crippen LogP contribution in [0.15, 0.2) is 36.4 Å². The summed E-state index contributed by atoms with van der Waals surface area (Å²) in [6.07, 6.45) is 0.867. The second kappa shape index (κ2) is 8.98. The highest BCUT2D eigenvalue weighted by molar-refractivity contribution is 14.1. The number of hydrogen-bond donors (Lipinski definition) is 1. The van der Waals surface area contributed by atoms with E-state index in [4.69, 9.17) is 14.2 Å². The standard InChI is InChI=1S/C18H22INO3/c1-21-16-7-5-4-6-14(16)12-20-9-8-13-10-18(23-3)15(19)11-17(13)22-2/h4-7,10-11,20H,8-9,12H2,1-3H3/i2-1. The second-order valence-corrected chi connectivity index (χ2v) is 6.20. The lowest BCUT2D eigenvalue weighted by Gasteiger charge is -2.13. The number of hydrogen-bond acceptors (Lipinski definition) is 4. The van der Waals surface area contributed by atoms with Gasteiger partial charge in [0.1, 0.15) is 17.2 Å². The van der Waals surface area contributed by atoms with E-state index in [-0.39, 0.29) is 0 Å². The van der Waals surface area contributed by atoms with Gasteiger partial charge in [-0.25, -0.2) is 0 Å². The maximum absolute atomic E-state index is 5.47. The molecular formula is C18H22INO3. The Bertz CT molecular complexity index is 646. The predicted octanol–water partition coefficient (Wildman–Crippen LogP) is 3.65. The Labute approximate surface area is 151 Å². The molecule has 0 aliphatic heterocycles. The first-order valence-electron chi connectivity index (χ1n) is 7.42. The molecule has 0 saturated carbocycles. The highest BCUT2D eigenvalue weighted by atomic mass is 127. The molecule has 0 aliphatic rings. The van der Waals surface area contributed by atoms with Gasteiger partial charge in [0.15, 0.2) is 0 Å². The quantitative estimate of drug-likeness (QED) is 0.517. The van der Waals surface area contributed by atoms with Gasteiger partial charge in [-0.05, 0) is 59.3 Å². The summed E-state index contributed by atoms with van der Waals surface area (Å²) >= 11 is 2.25. The van der Waals surface area contributed by atoms with Gasteiger partial charge >= 0.3 is 0 Å². The third-order valence-corrected chi connectivity index (χ3v) is 4.48. The molecule has 23 heavy (non-hydrogen) atoms. The zero-order valence-corrected chi connectivity index (χ0v) is 15.8. The monoisotopic (exact) mass is 426 g/mol. The molecule has 5 heteroatoms. The molecule has 124 valence electrons. The zero-order valence-electron chi connectivity index (χ0n) is 13.7. The first-order valence-corrected chi connectivity index (χ1v) is 8.50. The normalized spacial score (nSPS) is 10.4. The van der Waals surface area contributed by atoms with E-state index in [1.807, 2.05) is 30.3 Å². The van der Waals surface area contributed by atoms with Crippen LogP contribution in [0.1, 0.15) is 11.1 Å². The van der Waals surface area contributed by atoms with Crippen molar-refractivity contribution < 1.29 is 14.2 Å². The number of para-hydroxylation sites is 1. The van der Waals surface area contributed by atoms with Gasteiger partial charge in [-0.2, -0.15) is 0 Å². The van der Waals surface area contributed by atoms with Gasteiger partial charge in [0.25, 0.3) is 0 Å². The molecule has 0 fully saturated rings. The lowest BCUT2D eigenvalue weighted by atomic mass is 10.1.